The summed E-state index contributed by atoms with van der Waals surface area (Å²) in [6.45, 7) is 5.99. The van der Waals surface area contributed by atoms with E-state index >= 15 is 0 Å². The summed E-state index contributed by atoms with van der Waals surface area (Å²) >= 11 is 1.34. The van der Waals surface area contributed by atoms with Crippen LogP contribution in [0, 0.1) is 0 Å². The molecule has 17 heteroatoms. The van der Waals surface area contributed by atoms with Crippen molar-refractivity contribution in [3.63, 3.8) is 0 Å². The van der Waals surface area contributed by atoms with Gasteiger partial charge >= 0.3 is 11.4 Å². The largest absolute Gasteiger partial charge is 0.394 e. The molecule has 0 bridgehead atoms. The Bertz CT molecular complexity index is 1610. The van der Waals surface area contributed by atoms with Crippen molar-refractivity contribution >= 4 is 11.8 Å². The number of nitrogens with one attached hydrogen (secondary N) is 2. The molecule has 0 unspecified atom stereocenters. The summed E-state index contributed by atoms with van der Waals surface area (Å²) in [5, 5.41) is 19.7. The van der Waals surface area contributed by atoms with Crippen molar-refractivity contribution in [3.05, 3.63) is 65.2 Å². The highest BCUT2D eigenvalue weighted by molar-refractivity contribution is 7.98. The third-order valence-corrected chi connectivity index (χ3v) is 8.81. The summed E-state index contributed by atoms with van der Waals surface area (Å²) in [4.78, 5) is 54.5. The molecule has 4 fully saturated rings. The maximum Gasteiger partial charge on any atom is 0.330 e. The molecule has 236 valence electrons. The summed E-state index contributed by atoms with van der Waals surface area (Å²) < 4.78 is 38.8. The van der Waals surface area contributed by atoms with Crippen LogP contribution in [-0.4, -0.2) is 89.9 Å². The fourth-order valence-electron chi connectivity index (χ4n) is 6.19. The summed E-state index contributed by atoms with van der Waals surface area (Å²) in [6, 6.07) is 2.42. The number of nitrogens with zero attached hydrogens (tertiary/aromatic N) is 2. The molecular formula is C26H34N4O12S. The topological polar surface area (TPSA) is 206 Å². The van der Waals surface area contributed by atoms with Crippen LogP contribution in [0.15, 0.2) is 31.3 Å². The minimum Gasteiger partial charge on any atom is -0.394 e. The zero-order chi connectivity index (χ0) is 30.8. The van der Waals surface area contributed by atoms with E-state index in [2.05, 4.69) is 9.97 Å². The molecule has 0 amide bonds. The molecule has 6 rings (SSSR count). The molecule has 16 nitrogen and oxygen atoms in total. The van der Waals surface area contributed by atoms with Crippen molar-refractivity contribution < 1.29 is 38.6 Å². The first-order chi connectivity index (χ1) is 20.3. The molecule has 4 aliphatic heterocycles. The number of fused-ring (bicyclic) bond motifs is 2. The lowest BCUT2D eigenvalue weighted by atomic mass is 10.1. The number of hydrogen-bond acceptors (Lipinski definition) is 13. The molecule has 2 aromatic rings. The van der Waals surface area contributed by atoms with Gasteiger partial charge < -0.3 is 38.6 Å². The van der Waals surface area contributed by atoms with Crippen LogP contribution in [0.4, 0.5) is 0 Å². The van der Waals surface area contributed by atoms with E-state index in [9.17, 15) is 29.4 Å². The van der Waals surface area contributed by atoms with Crippen molar-refractivity contribution in [3.8, 4) is 0 Å². The van der Waals surface area contributed by atoms with E-state index in [0.29, 0.717) is 11.4 Å². The normalized spacial score (nSPS) is 34.0. The van der Waals surface area contributed by atoms with Crippen LogP contribution in [0.5, 0.6) is 0 Å². The van der Waals surface area contributed by atoms with Gasteiger partial charge in [0.15, 0.2) is 24.0 Å². The van der Waals surface area contributed by atoms with Gasteiger partial charge in [-0.15, -0.1) is 0 Å². The van der Waals surface area contributed by atoms with Crippen molar-refractivity contribution in [2.45, 2.75) is 101 Å². The number of aliphatic hydroxyl groups is 2. The van der Waals surface area contributed by atoms with Gasteiger partial charge in [-0.05, 0) is 27.7 Å². The molecule has 0 saturated carbocycles. The highest BCUT2D eigenvalue weighted by atomic mass is 32.2. The molecular weight excluding hydrogens is 592 g/mol. The highest BCUT2D eigenvalue weighted by Crippen LogP contribution is 2.45. The lowest BCUT2D eigenvalue weighted by Gasteiger charge is -2.26. The van der Waals surface area contributed by atoms with E-state index in [1.54, 1.807) is 27.7 Å². The van der Waals surface area contributed by atoms with Crippen molar-refractivity contribution in [1.29, 1.82) is 0 Å². The number of rotatable bonds is 8. The first-order valence-electron chi connectivity index (χ1n) is 13.8. The Hall–Kier alpha value is -2.61. The fraction of sp³-hybridized carbons (Fsp3) is 0.692. The van der Waals surface area contributed by atoms with Crippen molar-refractivity contribution in [2.75, 3.05) is 12.4 Å². The first kappa shape index (κ1) is 30.4. The number of aliphatic hydroxyl groups excluding tert-OH is 2. The second-order valence-corrected chi connectivity index (χ2v) is 12.7. The Morgan fingerprint density at radius 1 is 0.744 bits per heavy atom. The van der Waals surface area contributed by atoms with E-state index in [-0.39, 0.29) is 18.1 Å². The Morgan fingerprint density at radius 3 is 1.74 bits per heavy atom. The smallest absolute Gasteiger partial charge is 0.330 e. The molecule has 6 heterocycles. The molecule has 0 radical (unpaired) electrons. The summed E-state index contributed by atoms with van der Waals surface area (Å²) in [7, 11) is 0. The average Bonchev–Trinajstić information content (AvgIpc) is 3.60. The number of aromatic amines is 2. The average molecular weight is 627 g/mol. The van der Waals surface area contributed by atoms with Gasteiger partial charge in [0.1, 0.15) is 30.5 Å². The van der Waals surface area contributed by atoms with Crippen molar-refractivity contribution in [1.82, 2.24) is 19.1 Å². The van der Waals surface area contributed by atoms with Gasteiger partial charge in [0.05, 0.1) is 25.0 Å². The molecule has 4 aliphatic rings. The Balaban J connectivity index is 1.24. The second kappa shape index (κ2) is 11.1. The first-order valence-corrected chi connectivity index (χ1v) is 15.0. The third-order valence-electron chi connectivity index (χ3n) is 7.75. The number of aromatic nitrogens is 4. The molecule has 0 aliphatic carbocycles. The standard InChI is InChI=1S/C26H34N4O12S/c1-25(2)39-17-13(8-32)37-22(19(17)41-25)30-12(6-16(34)28-24(30)36)9-43-10-14-18-20(42-26(3,4)40-18)21(38-14)29-11(7-31)5-15(33)27-23(29)35/h5-6,13-14,17-22,31-32H,7-10H2,1-4H3,(H,27,33,35)(H,28,34,36)/t13-,14-,17-,18-,19-,20-,21-,22-/m1/s1. The third kappa shape index (κ3) is 5.57. The summed E-state index contributed by atoms with van der Waals surface area (Å²) in [5.74, 6) is -1.47. The van der Waals surface area contributed by atoms with Crippen molar-refractivity contribution in [2.24, 2.45) is 0 Å². The molecule has 0 spiro atoms. The van der Waals surface area contributed by atoms with Crippen LogP contribution >= 0.6 is 11.8 Å². The minimum absolute atomic E-state index is 0.0592. The van der Waals surface area contributed by atoms with Gasteiger partial charge in [0.2, 0.25) is 0 Å². The van der Waals surface area contributed by atoms with Gasteiger partial charge in [-0.2, -0.15) is 11.8 Å². The van der Waals surface area contributed by atoms with E-state index in [1.165, 1.54) is 22.4 Å². The van der Waals surface area contributed by atoms with Gasteiger partial charge in [-0.3, -0.25) is 28.7 Å². The predicted octanol–water partition coefficient (Wildman–Crippen LogP) is -1.36. The lowest BCUT2D eigenvalue weighted by Crippen LogP contribution is -2.39. The van der Waals surface area contributed by atoms with Crippen LogP contribution < -0.4 is 22.5 Å². The van der Waals surface area contributed by atoms with E-state index in [1.807, 2.05) is 0 Å². The monoisotopic (exact) mass is 626 g/mol. The molecule has 4 N–H and O–H groups in total. The zero-order valence-corrected chi connectivity index (χ0v) is 24.7. The maximum atomic E-state index is 13.1. The molecule has 43 heavy (non-hydrogen) atoms. The maximum absolute atomic E-state index is 13.1. The minimum atomic E-state index is -0.997. The quantitative estimate of drug-likeness (QED) is 0.268. The fourth-order valence-corrected chi connectivity index (χ4v) is 7.24. The second-order valence-electron chi connectivity index (χ2n) is 11.7. The van der Waals surface area contributed by atoms with Crippen LogP contribution in [0.1, 0.15) is 51.5 Å². The number of ether oxygens (including phenoxy) is 6. The summed E-state index contributed by atoms with van der Waals surface area (Å²) in [5.41, 5.74) is -2.28. The molecule has 2 aromatic heterocycles. The van der Waals surface area contributed by atoms with Crippen LogP contribution in [0.3, 0.4) is 0 Å². The Labute approximate surface area is 247 Å². The molecule has 0 aromatic carbocycles. The zero-order valence-electron chi connectivity index (χ0n) is 23.9. The number of thioether (sulfide) groups is 1. The highest BCUT2D eigenvalue weighted by Gasteiger charge is 2.57. The number of hydrogen-bond donors (Lipinski definition) is 4. The van der Waals surface area contributed by atoms with E-state index < -0.39 is 89.8 Å². The van der Waals surface area contributed by atoms with Gasteiger partial charge in [0.25, 0.3) is 11.1 Å². The van der Waals surface area contributed by atoms with Crippen LogP contribution in [0.2, 0.25) is 0 Å². The lowest BCUT2D eigenvalue weighted by molar-refractivity contribution is -0.200. The van der Waals surface area contributed by atoms with Crippen LogP contribution in [0.25, 0.3) is 0 Å². The van der Waals surface area contributed by atoms with Gasteiger partial charge in [-0.25, -0.2) is 9.59 Å². The predicted molar refractivity (Wildman–Crippen MR) is 147 cm³/mol. The number of H-pyrrole nitrogens is 2. The van der Waals surface area contributed by atoms with Gasteiger partial charge in [0, 0.05) is 29.3 Å². The Morgan fingerprint density at radius 2 is 1.21 bits per heavy atom. The Kier molecular flexibility index (Phi) is 7.84. The SMILES string of the molecule is CC1(C)O[C@@H]2[C@H](O1)[C@@H](CO)O[C@H]2n1c(CSC[C@H]2O[C@@H](n3c(CO)cc(=O)[nH]c3=O)[C@@H]3OC(C)(C)O[C@@H]32)cc(=O)[nH]c1=O. The molecule has 8 atom stereocenters. The summed E-state index contributed by atoms with van der Waals surface area (Å²) in [6.07, 6.45) is -5.95. The van der Waals surface area contributed by atoms with E-state index in [4.69, 9.17) is 28.4 Å². The van der Waals surface area contributed by atoms with Gasteiger partial charge in [-0.1, -0.05) is 0 Å². The molecule has 4 saturated heterocycles. The van der Waals surface area contributed by atoms with Crippen LogP contribution in [-0.2, 0) is 40.8 Å². The van der Waals surface area contributed by atoms with E-state index in [0.717, 1.165) is 10.6 Å².